The van der Waals surface area contributed by atoms with E-state index >= 15 is 0 Å². The predicted octanol–water partition coefficient (Wildman–Crippen LogP) is 1.59. The summed E-state index contributed by atoms with van der Waals surface area (Å²) >= 11 is 5.64. The second kappa shape index (κ2) is 4.11. The number of anilines is 1. The van der Waals surface area contributed by atoms with Gasteiger partial charge in [0.1, 0.15) is 5.15 Å². The number of halogens is 1. The zero-order valence-corrected chi connectivity index (χ0v) is 8.08. The third-order valence-electron chi connectivity index (χ3n) is 1.66. The maximum Gasteiger partial charge on any atom is 0.309 e. The Balaban J connectivity index is 3.24. The molecule has 1 heterocycles. The highest BCUT2D eigenvalue weighted by Gasteiger charge is 2.10. The van der Waals surface area contributed by atoms with Crippen LogP contribution < -0.4 is 5.73 Å². The summed E-state index contributed by atoms with van der Waals surface area (Å²) in [7, 11) is 0. The van der Waals surface area contributed by atoms with E-state index < -0.39 is 5.97 Å². The molecule has 5 heteroatoms. The van der Waals surface area contributed by atoms with Crippen LogP contribution in [0.4, 0.5) is 5.69 Å². The number of aromatic nitrogens is 1. The summed E-state index contributed by atoms with van der Waals surface area (Å²) in [4.78, 5) is 14.4. The molecule has 1 aromatic heterocycles. The molecule has 14 heavy (non-hydrogen) atoms. The van der Waals surface area contributed by atoms with Gasteiger partial charge < -0.3 is 10.8 Å². The van der Waals surface area contributed by atoms with Crippen molar-refractivity contribution in [2.45, 2.75) is 6.42 Å². The molecule has 0 aliphatic heterocycles. The third kappa shape index (κ3) is 2.23. The normalized spacial score (nSPS) is 9.79. The number of pyridine rings is 1. The van der Waals surface area contributed by atoms with E-state index in [1.54, 1.807) is 0 Å². The predicted molar refractivity (Wildman–Crippen MR) is 55.1 cm³/mol. The molecule has 0 radical (unpaired) electrons. The highest BCUT2D eigenvalue weighted by atomic mass is 35.5. The van der Waals surface area contributed by atoms with Crippen LogP contribution in [-0.4, -0.2) is 16.1 Å². The summed E-state index contributed by atoms with van der Waals surface area (Å²) in [5.41, 5.74) is 6.86. The van der Waals surface area contributed by atoms with Crippen LogP contribution in [0.2, 0.25) is 5.15 Å². The van der Waals surface area contributed by atoms with Crippen LogP contribution in [0, 0.1) is 0 Å². The largest absolute Gasteiger partial charge is 0.481 e. The standard InChI is InChI=1S/C9H9ClN2O2/c1-2-5-6(11)3-8(10)12-7(5)4-9(13)14/h2-3H,1,4H2,(H2,11,12)(H,13,14). The van der Waals surface area contributed by atoms with Gasteiger partial charge in [0.2, 0.25) is 0 Å². The van der Waals surface area contributed by atoms with Gasteiger partial charge in [-0.2, -0.15) is 0 Å². The Bertz CT molecular complexity index is 391. The highest BCUT2D eigenvalue weighted by Crippen LogP contribution is 2.21. The number of carboxylic acids is 1. The number of nitrogens with two attached hydrogens (primary N) is 1. The first kappa shape index (κ1) is 10.5. The number of nitrogens with zero attached hydrogens (tertiary/aromatic N) is 1. The Labute approximate surface area is 86.0 Å². The van der Waals surface area contributed by atoms with E-state index in [1.165, 1.54) is 12.1 Å². The van der Waals surface area contributed by atoms with Crippen molar-refractivity contribution in [3.8, 4) is 0 Å². The van der Waals surface area contributed by atoms with Gasteiger partial charge in [0.05, 0.1) is 12.1 Å². The van der Waals surface area contributed by atoms with Gasteiger partial charge in [-0.25, -0.2) is 4.98 Å². The Hall–Kier alpha value is -1.55. The Morgan fingerprint density at radius 2 is 2.43 bits per heavy atom. The summed E-state index contributed by atoms with van der Waals surface area (Å²) in [5, 5.41) is 8.80. The first-order valence-electron chi connectivity index (χ1n) is 3.83. The van der Waals surface area contributed by atoms with Crippen LogP contribution in [0.5, 0.6) is 0 Å². The lowest BCUT2D eigenvalue weighted by molar-refractivity contribution is -0.136. The molecule has 0 spiro atoms. The first-order chi connectivity index (χ1) is 6.54. The number of hydrogen-bond acceptors (Lipinski definition) is 3. The average Bonchev–Trinajstić information content (AvgIpc) is 2.01. The van der Waals surface area contributed by atoms with Crippen molar-refractivity contribution in [3.63, 3.8) is 0 Å². The molecule has 4 nitrogen and oxygen atoms in total. The van der Waals surface area contributed by atoms with Crippen molar-refractivity contribution in [2.75, 3.05) is 5.73 Å². The van der Waals surface area contributed by atoms with Crippen LogP contribution in [0.25, 0.3) is 6.08 Å². The minimum atomic E-state index is -0.984. The molecule has 0 bridgehead atoms. The Kier molecular flexibility index (Phi) is 3.09. The fraction of sp³-hybridized carbons (Fsp3) is 0.111. The number of aliphatic carboxylic acids is 1. The third-order valence-corrected chi connectivity index (χ3v) is 1.85. The highest BCUT2D eigenvalue weighted by molar-refractivity contribution is 6.29. The van der Waals surface area contributed by atoms with Crippen molar-refractivity contribution in [2.24, 2.45) is 0 Å². The van der Waals surface area contributed by atoms with Gasteiger partial charge in [-0.3, -0.25) is 4.79 Å². The molecule has 0 saturated carbocycles. The molecule has 1 rings (SSSR count). The van der Waals surface area contributed by atoms with Crippen molar-refractivity contribution >= 4 is 29.3 Å². The summed E-state index contributed by atoms with van der Waals surface area (Å²) in [6.45, 7) is 3.53. The van der Waals surface area contributed by atoms with Crippen LogP contribution in [0.3, 0.4) is 0 Å². The Morgan fingerprint density at radius 1 is 1.79 bits per heavy atom. The number of nitrogen functional groups attached to an aromatic ring is 1. The summed E-state index contributed by atoms with van der Waals surface area (Å²) in [6.07, 6.45) is 1.25. The number of hydrogen-bond donors (Lipinski definition) is 2. The molecule has 3 N–H and O–H groups in total. The quantitative estimate of drug-likeness (QED) is 0.746. The van der Waals surface area contributed by atoms with Crippen molar-refractivity contribution in [1.82, 2.24) is 4.98 Å². The maximum absolute atomic E-state index is 10.5. The van der Waals surface area contributed by atoms with Gasteiger partial charge in [-0.15, -0.1) is 0 Å². The van der Waals surface area contributed by atoms with E-state index in [1.807, 2.05) is 0 Å². The van der Waals surface area contributed by atoms with E-state index in [9.17, 15) is 4.79 Å². The lowest BCUT2D eigenvalue weighted by Crippen LogP contribution is -2.06. The molecular weight excluding hydrogens is 204 g/mol. The van der Waals surface area contributed by atoms with Crippen LogP contribution in [0.1, 0.15) is 11.3 Å². The maximum atomic E-state index is 10.5. The van der Waals surface area contributed by atoms with E-state index in [0.717, 1.165) is 0 Å². The molecule has 0 saturated heterocycles. The molecular formula is C9H9ClN2O2. The van der Waals surface area contributed by atoms with E-state index in [-0.39, 0.29) is 11.6 Å². The van der Waals surface area contributed by atoms with E-state index in [4.69, 9.17) is 22.4 Å². The van der Waals surface area contributed by atoms with Crippen LogP contribution in [-0.2, 0) is 11.2 Å². The SMILES string of the molecule is C=Cc1c(N)cc(Cl)nc1CC(=O)O. The van der Waals surface area contributed by atoms with Crippen molar-refractivity contribution < 1.29 is 9.90 Å². The zero-order valence-electron chi connectivity index (χ0n) is 7.33. The fourth-order valence-electron chi connectivity index (χ4n) is 1.11. The summed E-state index contributed by atoms with van der Waals surface area (Å²) in [6, 6.07) is 1.46. The fourth-order valence-corrected chi connectivity index (χ4v) is 1.33. The molecule has 1 aromatic rings. The van der Waals surface area contributed by atoms with Gasteiger partial charge in [0, 0.05) is 11.3 Å². The van der Waals surface area contributed by atoms with E-state index in [2.05, 4.69) is 11.6 Å². The summed E-state index contributed by atoms with van der Waals surface area (Å²) in [5.74, 6) is -0.984. The zero-order chi connectivity index (χ0) is 10.7. The van der Waals surface area contributed by atoms with Crippen LogP contribution >= 0.6 is 11.6 Å². The van der Waals surface area contributed by atoms with Gasteiger partial charge in [0.15, 0.2) is 0 Å². The molecule has 0 atom stereocenters. The summed E-state index contributed by atoms with van der Waals surface area (Å²) < 4.78 is 0. The lowest BCUT2D eigenvalue weighted by atomic mass is 10.1. The number of carboxylic acid groups (broad SMARTS) is 1. The molecule has 74 valence electrons. The molecule has 0 aliphatic carbocycles. The minimum absolute atomic E-state index is 0.185. The van der Waals surface area contributed by atoms with Crippen LogP contribution in [0.15, 0.2) is 12.6 Å². The molecule has 0 unspecified atom stereocenters. The molecule has 0 aromatic carbocycles. The second-order valence-electron chi connectivity index (χ2n) is 2.67. The van der Waals surface area contributed by atoms with Gasteiger partial charge in [0.25, 0.3) is 0 Å². The van der Waals surface area contributed by atoms with Crippen molar-refractivity contribution in [1.29, 1.82) is 0 Å². The molecule has 0 amide bonds. The second-order valence-corrected chi connectivity index (χ2v) is 3.06. The van der Waals surface area contributed by atoms with Gasteiger partial charge >= 0.3 is 5.97 Å². The molecule has 0 fully saturated rings. The van der Waals surface area contributed by atoms with Crippen molar-refractivity contribution in [3.05, 3.63) is 29.1 Å². The molecule has 0 aliphatic rings. The Morgan fingerprint density at radius 3 is 2.93 bits per heavy atom. The monoisotopic (exact) mass is 212 g/mol. The number of carbonyl (C=O) groups is 1. The minimum Gasteiger partial charge on any atom is -0.481 e. The van der Waals surface area contributed by atoms with Gasteiger partial charge in [-0.1, -0.05) is 24.3 Å². The van der Waals surface area contributed by atoms with Gasteiger partial charge in [-0.05, 0) is 6.07 Å². The lowest BCUT2D eigenvalue weighted by Gasteiger charge is -2.06. The number of rotatable bonds is 3. The van der Waals surface area contributed by atoms with E-state index in [0.29, 0.717) is 16.9 Å². The first-order valence-corrected chi connectivity index (χ1v) is 4.21. The topological polar surface area (TPSA) is 76.2 Å². The average molecular weight is 213 g/mol. The smallest absolute Gasteiger partial charge is 0.309 e.